The molecule has 1 aromatic carbocycles. The molecule has 0 aliphatic rings. The lowest BCUT2D eigenvalue weighted by atomic mass is 10.1. The molecule has 4 heteroatoms. The first-order chi connectivity index (χ1) is 7.00. The second-order valence-electron chi connectivity index (χ2n) is 3.25. The van der Waals surface area contributed by atoms with Crippen LogP contribution < -0.4 is 0 Å². The smallest absolute Gasteiger partial charge is 0.307 e. The number of carboxylic acids is 1. The highest BCUT2D eigenvalue weighted by molar-refractivity contribution is 6.33. The third-order valence-electron chi connectivity index (χ3n) is 1.96. The van der Waals surface area contributed by atoms with Crippen LogP contribution >= 0.6 is 11.6 Å². The topological polar surface area (TPSA) is 54.4 Å². The Balaban J connectivity index is 2.81. The summed E-state index contributed by atoms with van der Waals surface area (Å²) in [6.07, 6.45) is -0.0368. The molecule has 0 aliphatic carbocycles. The molecule has 0 saturated heterocycles. The lowest BCUT2D eigenvalue weighted by Crippen LogP contribution is -2.10. The number of halogens is 1. The number of carbonyl (C=O) groups excluding carboxylic acids is 1. The van der Waals surface area contributed by atoms with Gasteiger partial charge in [0.25, 0.3) is 0 Å². The zero-order valence-corrected chi connectivity index (χ0v) is 8.99. The van der Waals surface area contributed by atoms with Crippen molar-refractivity contribution in [2.75, 3.05) is 0 Å². The van der Waals surface area contributed by atoms with E-state index in [1.807, 2.05) is 0 Å². The molecule has 0 bridgehead atoms. The number of carbonyl (C=O) groups is 2. The first-order valence-corrected chi connectivity index (χ1v) is 4.93. The van der Waals surface area contributed by atoms with Gasteiger partial charge in [-0.15, -0.1) is 11.6 Å². The maximum atomic E-state index is 11.4. The van der Waals surface area contributed by atoms with Gasteiger partial charge < -0.3 is 5.11 Å². The van der Waals surface area contributed by atoms with Gasteiger partial charge in [-0.05, 0) is 12.5 Å². The predicted octanol–water partition coefficient (Wildman–Crippen LogP) is 2.12. The van der Waals surface area contributed by atoms with Crippen molar-refractivity contribution < 1.29 is 14.7 Å². The van der Waals surface area contributed by atoms with Crippen molar-refractivity contribution in [3.05, 3.63) is 35.4 Å². The Morgan fingerprint density at radius 3 is 2.27 bits per heavy atom. The van der Waals surface area contributed by atoms with Crippen molar-refractivity contribution in [2.24, 2.45) is 0 Å². The number of Topliss-reactive ketones (excluding diaryl/α,β-unsaturated/α-hetero) is 1. The lowest BCUT2D eigenvalue weighted by Gasteiger charge is -2.03. The molecular formula is C11H11ClO3. The molecular weight excluding hydrogens is 216 g/mol. The van der Waals surface area contributed by atoms with Crippen LogP contribution in [0, 0.1) is 0 Å². The van der Waals surface area contributed by atoms with Gasteiger partial charge in [0, 0.05) is 5.56 Å². The van der Waals surface area contributed by atoms with Gasteiger partial charge in [0.1, 0.15) is 0 Å². The Morgan fingerprint density at radius 1 is 1.33 bits per heavy atom. The molecule has 0 aliphatic heterocycles. The number of rotatable bonds is 4. The molecule has 0 heterocycles. The minimum atomic E-state index is -0.889. The van der Waals surface area contributed by atoms with E-state index in [0.717, 1.165) is 0 Å². The SMILES string of the molecule is CC(Cl)C(=O)c1ccc(CC(=O)O)cc1. The molecule has 0 radical (unpaired) electrons. The van der Waals surface area contributed by atoms with E-state index < -0.39 is 11.3 Å². The summed E-state index contributed by atoms with van der Waals surface area (Å²) in [6.45, 7) is 1.61. The van der Waals surface area contributed by atoms with Crippen LogP contribution in [0.5, 0.6) is 0 Å². The van der Waals surface area contributed by atoms with E-state index in [1.165, 1.54) is 0 Å². The highest BCUT2D eigenvalue weighted by atomic mass is 35.5. The molecule has 0 fully saturated rings. The van der Waals surface area contributed by atoms with E-state index >= 15 is 0 Å². The van der Waals surface area contributed by atoms with Gasteiger partial charge in [0.2, 0.25) is 0 Å². The Labute approximate surface area is 92.7 Å². The monoisotopic (exact) mass is 226 g/mol. The normalized spacial score (nSPS) is 12.1. The average Bonchev–Trinajstić information content (AvgIpc) is 2.17. The summed E-state index contributed by atoms with van der Waals surface area (Å²) in [7, 11) is 0. The van der Waals surface area contributed by atoms with Gasteiger partial charge >= 0.3 is 5.97 Å². The van der Waals surface area contributed by atoms with Crippen molar-refractivity contribution >= 4 is 23.4 Å². The summed E-state index contributed by atoms with van der Waals surface area (Å²) in [5.74, 6) is -1.04. The van der Waals surface area contributed by atoms with E-state index in [9.17, 15) is 9.59 Å². The predicted molar refractivity (Wildman–Crippen MR) is 57.4 cm³/mol. The number of benzene rings is 1. The molecule has 1 atom stereocenters. The first-order valence-electron chi connectivity index (χ1n) is 4.49. The quantitative estimate of drug-likeness (QED) is 0.632. The summed E-state index contributed by atoms with van der Waals surface area (Å²) >= 11 is 5.64. The van der Waals surface area contributed by atoms with Crippen LogP contribution in [0.3, 0.4) is 0 Å². The fourth-order valence-electron chi connectivity index (χ4n) is 1.19. The number of alkyl halides is 1. The van der Waals surface area contributed by atoms with Gasteiger partial charge in [0.15, 0.2) is 5.78 Å². The molecule has 0 saturated carbocycles. The highest BCUT2D eigenvalue weighted by Crippen LogP contribution is 2.10. The third-order valence-corrected chi connectivity index (χ3v) is 2.15. The van der Waals surface area contributed by atoms with Crippen molar-refractivity contribution in [3.8, 4) is 0 Å². The van der Waals surface area contributed by atoms with Gasteiger partial charge in [0.05, 0.1) is 11.8 Å². The van der Waals surface area contributed by atoms with Gasteiger partial charge in [-0.3, -0.25) is 9.59 Å². The molecule has 1 aromatic rings. The Hall–Kier alpha value is -1.35. The van der Waals surface area contributed by atoms with Crippen molar-refractivity contribution in [3.63, 3.8) is 0 Å². The Bertz CT molecular complexity index is 368. The van der Waals surface area contributed by atoms with Crippen LogP contribution in [-0.4, -0.2) is 22.2 Å². The standard InChI is InChI=1S/C11H11ClO3/c1-7(12)11(15)9-4-2-8(3-5-9)6-10(13)14/h2-5,7H,6H2,1H3,(H,13,14). The number of hydrogen-bond acceptors (Lipinski definition) is 2. The van der Waals surface area contributed by atoms with E-state index in [4.69, 9.17) is 16.7 Å². The Morgan fingerprint density at radius 2 is 1.87 bits per heavy atom. The number of ketones is 1. The largest absolute Gasteiger partial charge is 0.481 e. The van der Waals surface area contributed by atoms with Gasteiger partial charge in [-0.2, -0.15) is 0 Å². The van der Waals surface area contributed by atoms with E-state index in [0.29, 0.717) is 11.1 Å². The van der Waals surface area contributed by atoms with Crippen LogP contribution in [0.15, 0.2) is 24.3 Å². The van der Waals surface area contributed by atoms with E-state index in [1.54, 1.807) is 31.2 Å². The molecule has 0 spiro atoms. The Kier molecular flexibility index (Phi) is 3.86. The van der Waals surface area contributed by atoms with Crippen molar-refractivity contribution in [1.29, 1.82) is 0 Å². The van der Waals surface area contributed by atoms with Crippen LogP contribution in [0.4, 0.5) is 0 Å². The fourth-order valence-corrected chi connectivity index (χ4v) is 1.32. The molecule has 0 aromatic heterocycles. The molecule has 1 unspecified atom stereocenters. The fraction of sp³-hybridized carbons (Fsp3) is 0.273. The zero-order valence-electron chi connectivity index (χ0n) is 8.24. The minimum Gasteiger partial charge on any atom is -0.481 e. The number of aliphatic carboxylic acids is 1. The minimum absolute atomic E-state index is 0.0368. The molecule has 15 heavy (non-hydrogen) atoms. The second kappa shape index (κ2) is 4.94. The molecule has 1 N–H and O–H groups in total. The van der Waals surface area contributed by atoms with Crippen LogP contribution in [0.2, 0.25) is 0 Å². The van der Waals surface area contributed by atoms with E-state index in [-0.39, 0.29) is 12.2 Å². The average molecular weight is 227 g/mol. The summed E-state index contributed by atoms with van der Waals surface area (Å²) in [5, 5.41) is 7.99. The third kappa shape index (κ3) is 3.36. The van der Waals surface area contributed by atoms with Crippen LogP contribution in [-0.2, 0) is 11.2 Å². The number of carboxylic acid groups (broad SMARTS) is 1. The maximum absolute atomic E-state index is 11.4. The summed E-state index contributed by atoms with van der Waals surface area (Å²) in [6, 6.07) is 6.44. The van der Waals surface area contributed by atoms with Crippen LogP contribution in [0.25, 0.3) is 0 Å². The molecule has 1 rings (SSSR count). The molecule has 80 valence electrons. The number of hydrogen-bond donors (Lipinski definition) is 1. The summed E-state index contributed by atoms with van der Waals surface area (Å²) in [4.78, 5) is 21.8. The maximum Gasteiger partial charge on any atom is 0.307 e. The van der Waals surface area contributed by atoms with Crippen molar-refractivity contribution in [1.82, 2.24) is 0 Å². The van der Waals surface area contributed by atoms with Gasteiger partial charge in [-0.1, -0.05) is 24.3 Å². The van der Waals surface area contributed by atoms with Crippen LogP contribution in [0.1, 0.15) is 22.8 Å². The van der Waals surface area contributed by atoms with E-state index in [2.05, 4.69) is 0 Å². The first kappa shape index (κ1) is 11.7. The molecule has 0 amide bonds. The zero-order chi connectivity index (χ0) is 11.4. The molecule has 3 nitrogen and oxygen atoms in total. The second-order valence-corrected chi connectivity index (χ2v) is 3.90. The summed E-state index contributed by atoms with van der Waals surface area (Å²) < 4.78 is 0. The highest BCUT2D eigenvalue weighted by Gasteiger charge is 2.11. The van der Waals surface area contributed by atoms with Crippen molar-refractivity contribution in [2.45, 2.75) is 18.7 Å². The lowest BCUT2D eigenvalue weighted by molar-refractivity contribution is -0.136. The summed E-state index contributed by atoms with van der Waals surface area (Å²) in [5.41, 5.74) is 1.17. The van der Waals surface area contributed by atoms with Gasteiger partial charge in [-0.25, -0.2) is 0 Å².